The van der Waals surface area contributed by atoms with Crippen molar-refractivity contribution in [1.29, 1.82) is 0 Å². The highest BCUT2D eigenvalue weighted by Crippen LogP contribution is 1.99. The first-order valence-electron chi connectivity index (χ1n) is 3.79. The molecule has 0 rings (SSSR count). The fraction of sp³-hybridized carbons (Fsp3) is 0.857. The summed E-state index contributed by atoms with van der Waals surface area (Å²) in [5.74, 6) is -0.763. The van der Waals surface area contributed by atoms with E-state index in [1.807, 2.05) is 0 Å². The maximum atomic E-state index is 10.3. The Hall–Kier alpha value is -0.610. The fourth-order valence-corrected chi connectivity index (χ4v) is 0.923. The van der Waals surface area contributed by atoms with Crippen LogP contribution in [0.2, 0.25) is 0 Å². The zero-order valence-electron chi connectivity index (χ0n) is 6.84. The Bertz CT molecular complexity index is 117. The van der Waals surface area contributed by atoms with Crippen molar-refractivity contribution in [2.24, 2.45) is 5.73 Å². The summed E-state index contributed by atoms with van der Waals surface area (Å²) in [6.45, 7) is 0.623. The number of carbonyl (C=O) groups is 1. The number of nitrogens with one attached hydrogen (secondary N) is 1. The van der Waals surface area contributed by atoms with E-state index in [2.05, 4.69) is 5.32 Å². The lowest BCUT2D eigenvalue weighted by Gasteiger charge is -2.12. The van der Waals surface area contributed by atoms with Gasteiger partial charge in [-0.05, 0) is 26.4 Å². The van der Waals surface area contributed by atoms with Crippen LogP contribution in [-0.4, -0.2) is 30.7 Å². The SMILES string of the molecule is CNC(CCCN)CC(=O)O. The van der Waals surface area contributed by atoms with E-state index < -0.39 is 5.97 Å². The van der Waals surface area contributed by atoms with Crippen molar-refractivity contribution >= 4 is 5.97 Å². The second-order valence-corrected chi connectivity index (χ2v) is 2.51. The Kier molecular flexibility index (Phi) is 5.78. The number of nitrogens with two attached hydrogens (primary N) is 1. The second-order valence-electron chi connectivity index (χ2n) is 2.51. The topological polar surface area (TPSA) is 75.3 Å². The molecule has 0 aliphatic carbocycles. The van der Waals surface area contributed by atoms with Crippen molar-refractivity contribution < 1.29 is 9.90 Å². The van der Waals surface area contributed by atoms with Gasteiger partial charge in [-0.3, -0.25) is 4.79 Å². The molecule has 0 saturated carbocycles. The molecule has 66 valence electrons. The molecule has 0 fully saturated rings. The van der Waals surface area contributed by atoms with E-state index in [4.69, 9.17) is 10.8 Å². The smallest absolute Gasteiger partial charge is 0.304 e. The second kappa shape index (κ2) is 6.12. The third kappa shape index (κ3) is 5.82. The van der Waals surface area contributed by atoms with E-state index in [1.165, 1.54) is 0 Å². The van der Waals surface area contributed by atoms with Crippen LogP contribution in [0.1, 0.15) is 19.3 Å². The van der Waals surface area contributed by atoms with Crippen LogP contribution in [0.25, 0.3) is 0 Å². The lowest BCUT2D eigenvalue weighted by Crippen LogP contribution is -2.28. The largest absolute Gasteiger partial charge is 0.481 e. The van der Waals surface area contributed by atoms with Crippen LogP contribution in [0.15, 0.2) is 0 Å². The molecule has 0 aliphatic rings. The van der Waals surface area contributed by atoms with Crippen LogP contribution >= 0.6 is 0 Å². The molecule has 0 aromatic rings. The molecule has 11 heavy (non-hydrogen) atoms. The van der Waals surface area contributed by atoms with Crippen LogP contribution in [0, 0.1) is 0 Å². The van der Waals surface area contributed by atoms with Gasteiger partial charge in [-0.1, -0.05) is 0 Å². The molecule has 0 bridgehead atoms. The maximum Gasteiger partial charge on any atom is 0.304 e. The van der Waals surface area contributed by atoms with E-state index in [9.17, 15) is 4.79 Å². The summed E-state index contributed by atoms with van der Waals surface area (Å²) in [4.78, 5) is 10.3. The van der Waals surface area contributed by atoms with Crippen molar-refractivity contribution in [2.75, 3.05) is 13.6 Å². The molecule has 4 heteroatoms. The highest BCUT2D eigenvalue weighted by Gasteiger charge is 2.09. The van der Waals surface area contributed by atoms with Crippen LogP contribution < -0.4 is 11.1 Å². The molecule has 0 aromatic carbocycles. The van der Waals surface area contributed by atoms with Crippen molar-refractivity contribution in [3.63, 3.8) is 0 Å². The van der Waals surface area contributed by atoms with E-state index >= 15 is 0 Å². The minimum Gasteiger partial charge on any atom is -0.481 e. The average molecular weight is 160 g/mol. The van der Waals surface area contributed by atoms with E-state index in [0.29, 0.717) is 6.54 Å². The van der Waals surface area contributed by atoms with Crippen molar-refractivity contribution in [2.45, 2.75) is 25.3 Å². The fourth-order valence-electron chi connectivity index (χ4n) is 0.923. The number of aliphatic carboxylic acids is 1. The van der Waals surface area contributed by atoms with Crippen LogP contribution in [0.5, 0.6) is 0 Å². The Morgan fingerprint density at radius 3 is 2.73 bits per heavy atom. The first-order valence-corrected chi connectivity index (χ1v) is 3.79. The van der Waals surface area contributed by atoms with Gasteiger partial charge in [-0.25, -0.2) is 0 Å². The molecule has 4 nitrogen and oxygen atoms in total. The summed E-state index contributed by atoms with van der Waals surface area (Å²) in [5, 5.41) is 11.4. The lowest BCUT2D eigenvalue weighted by atomic mass is 10.1. The molecule has 0 saturated heterocycles. The predicted molar refractivity (Wildman–Crippen MR) is 43.4 cm³/mol. The first-order chi connectivity index (χ1) is 5.20. The monoisotopic (exact) mass is 160 g/mol. The highest BCUT2D eigenvalue weighted by molar-refractivity contribution is 5.67. The standard InChI is InChI=1S/C7H16N2O2/c1-9-6(3-2-4-8)5-7(10)11/h6,9H,2-5,8H2,1H3,(H,10,11). The number of carboxylic acid groups (broad SMARTS) is 1. The zero-order valence-corrected chi connectivity index (χ0v) is 6.84. The van der Waals surface area contributed by atoms with Gasteiger partial charge in [0.25, 0.3) is 0 Å². The van der Waals surface area contributed by atoms with E-state index in [-0.39, 0.29) is 12.5 Å². The van der Waals surface area contributed by atoms with Crippen molar-refractivity contribution in [1.82, 2.24) is 5.32 Å². The highest BCUT2D eigenvalue weighted by atomic mass is 16.4. The lowest BCUT2D eigenvalue weighted by molar-refractivity contribution is -0.137. The van der Waals surface area contributed by atoms with Gasteiger partial charge in [0.05, 0.1) is 6.42 Å². The van der Waals surface area contributed by atoms with Gasteiger partial charge >= 0.3 is 5.97 Å². The molecular formula is C7H16N2O2. The molecule has 0 aromatic heterocycles. The molecule has 4 N–H and O–H groups in total. The Labute approximate surface area is 66.8 Å². The molecule has 0 heterocycles. The van der Waals surface area contributed by atoms with Crippen LogP contribution in [0.3, 0.4) is 0 Å². The molecule has 0 aliphatic heterocycles. The van der Waals surface area contributed by atoms with Gasteiger partial charge in [0.2, 0.25) is 0 Å². The normalized spacial score (nSPS) is 12.9. The minimum atomic E-state index is -0.763. The predicted octanol–water partition coefficient (Wildman–Crippen LogP) is -0.212. The number of rotatable bonds is 6. The van der Waals surface area contributed by atoms with Gasteiger partial charge in [-0.2, -0.15) is 0 Å². The van der Waals surface area contributed by atoms with E-state index in [1.54, 1.807) is 7.05 Å². The summed E-state index contributed by atoms with van der Waals surface area (Å²) in [7, 11) is 1.77. The van der Waals surface area contributed by atoms with Gasteiger partial charge in [0.15, 0.2) is 0 Å². The summed E-state index contributed by atoms with van der Waals surface area (Å²) in [6, 6.07) is 0.0658. The molecule has 1 atom stereocenters. The Morgan fingerprint density at radius 1 is 1.73 bits per heavy atom. The Morgan fingerprint density at radius 2 is 2.36 bits per heavy atom. The van der Waals surface area contributed by atoms with Gasteiger partial charge in [0, 0.05) is 6.04 Å². The van der Waals surface area contributed by atoms with Crippen LogP contribution in [0.4, 0.5) is 0 Å². The molecule has 0 spiro atoms. The quantitative estimate of drug-likeness (QED) is 0.502. The minimum absolute atomic E-state index is 0.0658. The number of hydrogen-bond acceptors (Lipinski definition) is 3. The molecule has 0 amide bonds. The molecule has 0 radical (unpaired) electrons. The average Bonchev–Trinajstić information content (AvgIpc) is 1.97. The number of hydrogen-bond donors (Lipinski definition) is 3. The summed E-state index contributed by atoms with van der Waals surface area (Å²) in [5.41, 5.74) is 5.29. The van der Waals surface area contributed by atoms with Crippen molar-refractivity contribution in [3.8, 4) is 0 Å². The van der Waals surface area contributed by atoms with Gasteiger partial charge in [-0.15, -0.1) is 0 Å². The summed E-state index contributed by atoms with van der Waals surface area (Å²) < 4.78 is 0. The molecule has 1 unspecified atom stereocenters. The zero-order chi connectivity index (χ0) is 8.69. The van der Waals surface area contributed by atoms with Crippen molar-refractivity contribution in [3.05, 3.63) is 0 Å². The van der Waals surface area contributed by atoms with Crippen LogP contribution in [-0.2, 0) is 4.79 Å². The third-order valence-electron chi connectivity index (χ3n) is 1.59. The van der Waals surface area contributed by atoms with Gasteiger partial charge < -0.3 is 16.2 Å². The molecular weight excluding hydrogens is 144 g/mol. The first kappa shape index (κ1) is 10.4. The third-order valence-corrected chi connectivity index (χ3v) is 1.59. The van der Waals surface area contributed by atoms with E-state index in [0.717, 1.165) is 12.8 Å². The summed E-state index contributed by atoms with van der Waals surface area (Å²) >= 11 is 0. The number of carboxylic acids is 1. The maximum absolute atomic E-state index is 10.3. The summed E-state index contributed by atoms with van der Waals surface area (Å²) in [6.07, 6.45) is 1.88. The van der Waals surface area contributed by atoms with Gasteiger partial charge in [0.1, 0.15) is 0 Å². The Balaban J connectivity index is 3.49.